The summed E-state index contributed by atoms with van der Waals surface area (Å²) in [5.74, 6) is -0.198. The molecule has 1 saturated heterocycles. The molecular weight excluding hydrogens is 336 g/mol. The van der Waals surface area contributed by atoms with Crippen LogP contribution in [0.1, 0.15) is 39.8 Å². The Morgan fingerprint density at radius 2 is 2.20 bits per heavy atom. The number of hydrogen-bond acceptors (Lipinski definition) is 4. The number of nitrogens with one attached hydrogen (secondary N) is 1. The van der Waals surface area contributed by atoms with Gasteiger partial charge in [0, 0.05) is 30.9 Å². The van der Waals surface area contributed by atoms with Crippen LogP contribution in [-0.2, 0) is 4.74 Å². The summed E-state index contributed by atoms with van der Waals surface area (Å²) in [4.78, 5) is 27.4. The molecule has 0 unspecified atom stereocenters. The van der Waals surface area contributed by atoms with Crippen LogP contribution in [0.4, 0.5) is 5.69 Å². The summed E-state index contributed by atoms with van der Waals surface area (Å²) >= 11 is 1.39. The maximum absolute atomic E-state index is 12.8. The van der Waals surface area contributed by atoms with Crippen LogP contribution in [-0.4, -0.2) is 42.5 Å². The van der Waals surface area contributed by atoms with Crippen molar-refractivity contribution < 1.29 is 14.3 Å². The Morgan fingerprint density at radius 1 is 1.32 bits per heavy atom. The summed E-state index contributed by atoms with van der Waals surface area (Å²) in [7, 11) is 0. The van der Waals surface area contributed by atoms with Gasteiger partial charge in [-0.05, 0) is 49.4 Å². The van der Waals surface area contributed by atoms with Gasteiger partial charge in [0.1, 0.15) is 0 Å². The summed E-state index contributed by atoms with van der Waals surface area (Å²) in [5, 5.41) is 4.71. The number of nitrogens with zero attached hydrogens (tertiary/aromatic N) is 1. The lowest BCUT2D eigenvalue weighted by molar-refractivity contribution is 0.0539. The summed E-state index contributed by atoms with van der Waals surface area (Å²) in [6, 6.07) is 10.7. The van der Waals surface area contributed by atoms with Crippen molar-refractivity contribution in [1.29, 1.82) is 0 Å². The molecule has 6 heteroatoms. The molecule has 0 spiro atoms. The zero-order chi connectivity index (χ0) is 17.6. The van der Waals surface area contributed by atoms with E-state index in [0.29, 0.717) is 29.2 Å². The van der Waals surface area contributed by atoms with E-state index in [1.54, 1.807) is 35.2 Å². The van der Waals surface area contributed by atoms with E-state index >= 15 is 0 Å². The van der Waals surface area contributed by atoms with Gasteiger partial charge in [-0.15, -0.1) is 11.3 Å². The van der Waals surface area contributed by atoms with Gasteiger partial charge in [-0.3, -0.25) is 9.59 Å². The minimum Gasteiger partial charge on any atom is -0.376 e. The molecule has 2 aromatic rings. The summed E-state index contributed by atoms with van der Waals surface area (Å²) in [5.41, 5.74) is 1.20. The molecule has 3 rings (SSSR count). The zero-order valence-electron chi connectivity index (χ0n) is 14.2. The van der Waals surface area contributed by atoms with Gasteiger partial charge in [0.2, 0.25) is 0 Å². The van der Waals surface area contributed by atoms with E-state index in [0.717, 1.165) is 19.4 Å². The van der Waals surface area contributed by atoms with Crippen LogP contribution >= 0.6 is 11.3 Å². The Hall–Kier alpha value is -2.18. The second-order valence-corrected chi connectivity index (χ2v) is 6.94. The standard InChI is InChI=1S/C19H22N2O3S/c1-2-21(13-16-8-4-10-24-16)19(23)14-6-3-7-15(12-14)20-18(22)17-9-5-11-25-17/h3,5-7,9,11-12,16H,2,4,8,10,13H2,1H3,(H,20,22)/t16-/m1/s1. The van der Waals surface area contributed by atoms with Crippen molar-refractivity contribution in [3.05, 3.63) is 52.2 Å². The van der Waals surface area contributed by atoms with Crippen molar-refractivity contribution in [2.45, 2.75) is 25.9 Å². The molecule has 1 aromatic carbocycles. The number of anilines is 1. The van der Waals surface area contributed by atoms with Gasteiger partial charge >= 0.3 is 0 Å². The lowest BCUT2D eigenvalue weighted by Gasteiger charge is -2.24. The van der Waals surface area contributed by atoms with Crippen LogP contribution in [0.15, 0.2) is 41.8 Å². The van der Waals surface area contributed by atoms with Crippen LogP contribution in [0.25, 0.3) is 0 Å². The van der Waals surface area contributed by atoms with Gasteiger partial charge in [0.15, 0.2) is 0 Å². The quantitative estimate of drug-likeness (QED) is 0.858. The molecule has 0 saturated carbocycles. The van der Waals surface area contributed by atoms with Crippen molar-refractivity contribution in [2.75, 3.05) is 25.0 Å². The summed E-state index contributed by atoms with van der Waals surface area (Å²) < 4.78 is 5.64. The molecular formula is C19H22N2O3S. The SMILES string of the molecule is CCN(C[C@H]1CCCO1)C(=O)c1cccc(NC(=O)c2cccs2)c1. The fraction of sp³-hybridized carbons (Fsp3) is 0.368. The second kappa shape index (κ2) is 8.27. The number of rotatable bonds is 6. The first-order valence-corrected chi connectivity index (χ1v) is 9.41. The highest BCUT2D eigenvalue weighted by Crippen LogP contribution is 2.18. The first-order valence-electron chi connectivity index (χ1n) is 8.53. The first kappa shape index (κ1) is 17.6. The van der Waals surface area contributed by atoms with E-state index in [2.05, 4.69) is 5.32 Å². The fourth-order valence-corrected chi connectivity index (χ4v) is 3.52. The highest BCUT2D eigenvalue weighted by molar-refractivity contribution is 7.12. The molecule has 1 aliphatic heterocycles. The molecule has 132 valence electrons. The molecule has 1 aromatic heterocycles. The topological polar surface area (TPSA) is 58.6 Å². The van der Waals surface area contributed by atoms with Crippen LogP contribution in [0.5, 0.6) is 0 Å². The van der Waals surface area contributed by atoms with E-state index in [4.69, 9.17) is 4.74 Å². The van der Waals surface area contributed by atoms with Crippen LogP contribution in [0.3, 0.4) is 0 Å². The molecule has 0 radical (unpaired) electrons. The Balaban J connectivity index is 1.68. The molecule has 1 N–H and O–H groups in total. The molecule has 1 fully saturated rings. The molecule has 5 nitrogen and oxygen atoms in total. The molecule has 0 bridgehead atoms. The average molecular weight is 358 g/mol. The van der Waals surface area contributed by atoms with Gasteiger partial charge in [0.05, 0.1) is 11.0 Å². The van der Waals surface area contributed by atoms with Gasteiger partial charge < -0.3 is 15.0 Å². The largest absolute Gasteiger partial charge is 0.376 e. The first-order chi connectivity index (χ1) is 12.2. The summed E-state index contributed by atoms with van der Waals surface area (Å²) in [6.45, 7) is 3.99. The number of amides is 2. The minimum absolute atomic E-state index is 0.0368. The van der Waals surface area contributed by atoms with E-state index in [-0.39, 0.29) is 17.9 Å². The normalized spacial score (nSPS) is 16.6. The number of likely N-dealkylation sites (N-methyl/N-ethyl adjacent to an activating group) is 1. The van der Waals surface area contributed by atoms with Crippen molar-refractivity contribution in [3.63, 3.8) is 0 Å². The number of hydrogen-bond donors (Lipinski definition) is 1. The smallest absolute Gasteiger partial charge is 0.265 e. The second-order valence-electron chi connectivity index (χ2n) is 5.99. The van der Waals surface area contributed by atoms with Gasteiger partial charge in [0.25, 0.3) is 11.8 Å². The van der Waals surface area contributed by atoms with Gasteiger partial charge in [-0.1, -0.05) is 12.1 Å². The summed E-state index contributed by atoms with van der Waals surface area (Å²) in [6.07, 6.45) is 2.19. The van der Waals surface area contributed by atoms with E-state index < -0.39 is 0 Å². The van der Waals surface area contributed by atoms with Crippen molar-refractivity contribution in [3.8, 4) is 0 Å². The number of benzene rings is 1. The Kier molecular flexibility index (Phi) is 5.83. The molecule has 2 heterocycles. The maximum atomic E-state index is 12.8. The lowest BCUT2D eigenvalue weighted by Crippen LogP contribution is -2.37. The predicted octanol–water partition coefficient (Wildman–Crippen LogP) is 3.64. The van der Waals surface area contributed by atoms with E-state index in [1.807, 2.05) is 18.4 Å². The van der Waals surface area contributed by atoms with Crippen LogP contribution in [0, 0.1) is 0 Å². The van der Waals surface area contributed by atoms with E-state index in [1.165, 1.54) is 11.3 Å². The van der Waals surface area contributed by atoms with E-state index in [9.17, 15) is 9.59 Å². The predicted molar refractivity (Wildman–Crippen MR) is 99.3 cm³/mol. The van der Waals surface area contributed by atoms with Crippen LogP contribution < -0.4 is 5.32 Å². The van der Waals surface area contributed by atoms with Crippen LogP contribution in [0.2, 0.25) is 0 Å². The third-order valence-corrected chi connectivity index (χ3v) is 5.10. The highest BCUT2D eigenvalue weighted by atomic mass is 32.1. The molecule has 1 aliphatic rings. The monoisotopic (exact) mass is 358 g/mol. The Morgan fingerprint density at radius 3 is 2.88 bits per heavy atom. The number of carbonyl (C=O) groups is 2. The fourth-order valence-electron chi connectivity index (χ4n) is 2.90. The Bertz CT molecular complexity index is 724. The maximum Gasteiger partial charge on any atom is 0.265 e. The lowest BCUT2D eigenvalue weighted by atomic mass is 10.1. The average Bonchev–Trinajstić information content (AvgIpc) is 3.33. The third kappa shape index (κ3) is 4.46. The highest BCUT2D eigenvalue weighted by Gasteiger charge is 2.22. The zero-order valence-corrected chi connectivity index (χ0v) is 15.1. The molecule has 0 aliphatic carbocycles. The van der Waals surface area contributed by atoms with Gasteiger partial charge in [-0.25, -0.2) is 0 Å². The molecule has 1 atom stereocenters. The number of thiophene rings is 1. The van der Waals surface area contributed by atoms with Crippen molar-refractivity contribution in [1.82, 2.24) is 4.90 Å². The van der Waals surface area contributed by atoms with Crippen molar-refractivity contribution >= 4 is 28.8 Å². The minimum atomic E-state index is -0.161. The molecule has 25 heavy (non-hydrogen) atoms. The van der Waals surface area contributed by atoms with Gasteiger partial charge in [-0.2, -0.15) is 0 Å². The number of carbonyl (C=O) groups excluding carboxylic acids is 2. The Labute approximate surface area is 151 Å². The number of ether oxygens (including phenoxy) is 1. The van der Waals surface area contributed by atoms with Crippen molar-refractivity contribution in [2.24, 2.45) is 0 Å². The molecule has 2 amide bonds. The third-order valence-electron chi connectivity index (χ3n) is 4.23.